The Morgan fingerprint density at radius 3 is 2.96 bits per heavy atom. The van der Waals surface area contributed by atoms with Crippen LogP contribution in [0.4, 0.5) is 0 Å². The topological polar surface area (TPSA) is 80.5 Å². The average Bonchev–Trinajstić information content (AvgIpc) is 2.91. The Kier molecular flexibility index (Phi) is 6.20. The van der Waals surface area contributed by atoms with Crippen LogP contribution in [-0.2, 0) is 11.3 Å². The number of rotatable bonds is 7. The summed E-state index contributed by atoms with van der Waals surface area (Å²) < 4.78 is 6.29. The lowest BCUT2D eigenvalue weighted by Crippen LogP contribution is -2.45. The molecule has 1 aliphatic heterocycles. The molecule has 0 bridgehead atoms. The van der Waals surface area contributed by atoms with E-state index in [0.29, 0.717) is 29.9 Å². The highest BCUT2D eigenvalue weighted by molar-refractivity contribution is 7.15. The Morgan fingerprint density at radius 1 is 1.65 bits per heavy atom. The third-order valence-electron chi connectivity index (χ3n) is 3.72. The molecule has 0 aromatic carbocycles. The Balaban J connectivity index is 2.20. The molecule has 2 atom stereocenters. The molecule has 128 valence electrons. The first-order valence-electron chi connectivity index (χ1n) is 7.51. The monoisotopic (exact) mass is 360 g/mol. The molecular weight excluding hydrogens is 340 g/mol. The highest BCUT2D eigenvalue weighted by Crippen LogP contribution is 2.31. The van der Waals surface area contributed by atoms with E-state index in [1.54, 1.807) is 6.20 Å². The molecule has 1 aromatic rings. The zero-order chi connectivity index (χ0) is 17.0. The number of nitrogens with zero attached hydrogens (tertiary/aromatic N) is 3. The van der Waals surface area contributed by atoms with E-state index in [4.69, 9.17) is 16.3 Å². The van der Waals surface area contributed by atoms with Gasteiger partial charge in [-0.1, -0.05) is 25.4 Å². The molecule has 0 spiro atoms. The second-order valence-corrected chi connectivity index (χ2v) is 7.19. The summed E-state index contributed by atoms with van der Waals surface area (Å²) in [5.41, 5.74) is 0.194. The molecule has 23 heavy (non-hydrogen) atoms. The Labute approximate surface area is 144 Å². The lowest BCUT2D eigenvalue weighted by atomic mass is 9.98. The molecule has 2 heterocycles. The van der Waals surface area contributed by atoms with Gasteiger partial charge in [0.1, 0.15) is 6.23 Å². The van der Waals surface area contributed by atoms with Crippen LogP contribution in [0.25, 0.3) is 0 Å². The summed E-state index contributed by atoms with van der Waals surface area (Å²) >= 11 is 7.17. The van der Waals surface area contributed by atoms with Gasteiger partial charge in [0.15, 0.2) is 10.3 Å². The number of nitro groups is 1. The van der Waals surface area contributed by atoms with Gasteiger partial charge in [-0.2, -0.15) is 0 Å². The van der Waals surface area contributed by atoms with Crippen LogP contribution >= 0.6 is 22.9 Å². The molecular formula is C14H21ClN4O3S. The number of halogens is 1. The van der Waals surface area contributed by atoms with Crippen LogP contribution in [0.5, 0.6) is 0 Å². The highest BCUT2D eigenvalue weighted by Gasteiger charge is 2.38. The Bertz CT molecular complexity index is 592. The van der Waals surface area contributed by atoms with Crippen molar-refractivity contribution >= 4 is 22.9 Å². The first kappa shape index (κ1) is 18.0. The number of allylic oxidation sites excluding steroid dienone is 1. The second-order valence-electron chi connectivity index (χ2n) is 5.50. The van der Waals surface area contributed by atoms with Crippen LogP contribution in [-0.4, -0.2) is 34.7 Å². The van der Waals surface area contributed by atoms with E-state index in [-0.39, 0.29) is 22.8 Å². The molecule has 1 aliphatic rings. The summed E-state index contributed by atoms with van der Waals surface area (Å²) in [5, 5.41) is 14.6. The lowest BCUT2D eigenvalue weighted by Gasteiger charge is -2.37. The fourth-order valence-corrected chi connectivity index (χ4v) is 3.50. The van der Waals surface area contributed by atoms with Crippen LogP contribution < -0.4 is 5.32 Å². The molecule has 0 radical (unpaired) electrons. The number of thiazole rings is 1. The molecule has 1 aromatic heterocycles. The van der Waals surface area contributed by atoms with Crippen molar-refractivity contribution in [2.24, 2.45) is 5.92 Å². The normalized spacial score (nSPS) is 21.7. The van der Waals surface area contributed by atoms with Gasteiger partial charge in [0.2, 0.25) is 0 Å². The van der Waals surface area contributed by atoms with E-state index in [9.17, 15) is 10.1 Å². The Morgan fingerprint density at radius 2 is 2.39 bits per heavy atom. The Hall–Kier alpha value is -1.38. The zero-order valence-electron chi connectivity index (χ0n) is 13.4. The van der Waals surface area contributed by atoms with Gasteiger partial charge in [0.05, 0.1) is 17.4 Å². The van der Waals surface area contributed by atoms with Crippen molar-refractivity contribution in [2.75, 3.05) is 13.7 Å². The summed E-state index contributed by atoms with van der Waals surface area (Å²) in [6.45, 7) is 4.97. The molecule has 1 N–H and O–H groups in total. The molecule has 0 amide bonds. The van der Waals surface area contributed by atoms with Gasteiger partial charge in [-0.05, 0) is 6.42 Å². The van der Waals surface area contributed by atoms with E-state index in [1.165, 1.54) is 11.3 Å². The average molecular weight is 361 g/mol. The van der Waals surface area contributed by atoms with Gasteiger partial charge in [0, 0.05) is 31.1 Å². The van der Waals surface area contributed by atoms with Crippen molar-refractivity contribution in [1.29, 1.82) is 0 Å². The van der Waals surface area contributed by atoms with Gasteiger partial charge >= 0.3 is 0 Å². The van der Waals surface area contributed by atoms with E-state index in [0.717, 1.165) is 11.3 Å². The molecule has 2 unspecified atom stereocenters. The van der Waals surface area contributed by atoms with Crippen molar-refractivity contribution in [3.8, 4) is 0 Å². The number of aromatic nitrogens is 1. The fraction of sp³-hybridized carbons (Fsp3) is 0.643. The minimum absolute atomic E-state index is 0.166. The molecule has 0 saturated heterocycles. The first-order valence-corrected chi connectivity index (χ1v) is 8.70. The van der Waals surface area contributed by atoms with Gasteiger partial charge in [-0.3, -0.25) is 10.1 Å². The smallest absolute Gasteiger partial charge is 0.288 e. The van der Waals surface area contributed by atoms with Crippen molar-refractivity contribution in [1.82, 2.24) is 15.2 Å². The van der Waals surface area contributed by atoms with E-state index >= 15 is 0 Å². The number of hydrogen-bond donors (Lipinski definition) is 1. The van der Waals surface area contributed by atoms with Crippen LogP contribution in [0.3, 0.4) is 0 Å². The van der Waals surface area contributed by atoms with E-state index < -0.39 is 0 Å². The second kappa shape index (κ2) is 7.94. The van der Waals surface area contributed by atoms with E-state index in [1.807, 2.05) is 25.8 Å². The molecule has 0 aliphatic carbocycles. The first-order chi connectivity index (χ1) is 10.9. The summed E-state index contributed by atoms with van der Waals surface area (Å²) in [4.78, 5) is 17.9. The van der Waals surface area contributed by atoms with Gasteiger partial charge in [-0.15, -0.1) is 11.3 Å². The maximum Gasteiger partial charge on any atom is 0.288 e. The van der Waals surface area contributed by atoms with Crippen molar-refractivity contribution in [2.45, 2.75) is 39.5 Å². The predicted octanol–water partition coefficient (Wildman–Crippen LogP) is 3.06. The van der Waals surface area contributed by atoms with Crippen LogP contribution in [0.2, 0.25) is 4.47 Å². The molecule has 0 saturated carbocycles. The highest BCUT2D eigenvalue weighted by atomic mass is 35.5. The summed E-state index contributed by atoms with van der Waals surface area (Å²) in [7, 11) is 1.82. The molecule has 2 rings (SSSR count). The summed E-state index contributed by atoms with van der Waals surface area (Å²) in [5.74, 6) is 0.315. The standard InChI is InChI=1S/C14H21ClN4O3S/c1-4-5-22-11-6-9(2)12(19(20)21)13(18(11)3)16-7-10-8-17-14(15)23-10/h8-9,11,16H,4-7H2,1-3H3. The molecule has 0 fully saturated rings. The quantitative estimate of drug-likeness (QED) is 0.594. The van der Waals surface area contributed by atoms with Crippen molar-refractivity contribution < 1.29 is 9.66 Å². The number of nitrogens with one attached hydrogen (secondary N) is 1. The minimum atomic E-state index is -0.306. The maximum atomic E-state index is 11.5. The fourth-order valence-electron chi connectivity index (χ4n) is 2.58. The molecule has 9 heteroatoms. The summed E-state index contributed by atoms with van der Waals surface area (Å²) in [6.07, 6.45) is 3.02. The van der Waals surface area contributed by atoms with Gasteiger partial charge < -0.3 is 15.0 Å². The third-order valence-corrected chi connectivity index (χ3v) is 4.83. The maximum absolute atomic E-state index is 11.5. The SMILES string of the molecule is CCCOC1CC(C)C([N+](=O)[O-])=C(NCc2cnc(Cl)s2)N1C. The van der Waals surface area contributed by atoms with Crippen molar-refractivity contribution in [3.05, 3.63) is 37.2 Å². The van der Waals surface area contributed by atoms with E-state index in [2.05, 4.69) is 10.3 Å². The number of ether oxygens (including phenoxy) is 1. The zero-order valence-corrected chi connectivity index (χ0v) is 15.0. The predicted molar refractivity (Wildman–Crippen MR) is 89.6 cm³/mol. The lowest BCUT2D eigenvalue weighted by molar-refractivity contribution is -0.439. The number of hydrogen-bond acceptors (Lipinski definition) is 7. The third kappa shape index (κ3) is 4.33. The van der Waals surface area contributed by atoms with Gasteiger partial charge in [-0.25, -0.2) is 4.98 Å². The van der Waals surface area contributed by atoms with Crippen LogP contribution in [0.15, 0.2) is 17.7 Å². The molecule has 7 nitrogen and oxygen atoms in total. The largest absolute Gasteiger partial charge is 0.361 e. The van der Waals surface area contributed by atoms with Crippen LogP contribution in [0.1, 0.15) is 31.6 Å². The van der Waals surface area contributed by atoms with Crippen molar-refractivity contribution in [3.63, 3.8) is 0 Å². The van der Waals surface area contributed by atoms with Crippen LogP contribution in [0, 0.1) is 16.0 Å². The van der Waals surface area contributed by atoms with Gasteiger partial charge in [0.25, 0.3) is 5.70 Å². The summed E-state index contributed by atoms with van der Waals surface area (Å²) in [6, 6.07) is 0. The minimum Gasteiger partial charge on any atom is -0.361 e.